The van der Waals surface area contributed by atoms with Crippen LogP contribution in [0.5, 0.6) is 0 Å². The molecule has 1 aromatic rings. The van der Waals surface area contributed by atoms with Crippen LogP contribution in [0.3, 0.4) is 0 Å². The Morgan fingerprint density at radius 3 is 2.50 bits per heavy atom. The van der Waals surface area contributed by atoms with Crippen molar-refractivity contribution in [3.8, 4) is 0 Å². The first-order chi connectivity index (χ1) is 7.43. The molecule has 0 spiro atoms. The van der Waals surface area contributed by atoms with Crippen molar-refractivity contribution in [1.82, 2.24) is 0 Å². The molecule has 16 heavy (non-hydrogen) atoms. The summed E-state index contributed by atoms with van der Waals surface area (Å²) >= 11 is 5.77. The maximum atomic E-state index is 12.1. The van der Waals surface area contributed by atoms with Crippen LogP contribution in [-0.4, -0.2) is 20.5 Å². The molecule has 0 heterocycles. The summed E-state index contributed by atoms with van der Waals surface area (Å²) in [6.07, 6.45) is 0. The van der Waals surface area contributed by atoms with Gasteiger partial charge in [-0.3, -0.25) is 9.00 Å². The normalized spacial score (nSPS) is 14.8. The zero-order chi connectivity index (χ0) is 12.3. The molecule has 0 fully saturated rings. The Labute approximate surface area is 102 Å². The first kappa shape index (κ1) is 13.2. The lowest BCUT2D eigenvalue weighted by atomic mass is 10.1. The SMILES string of the molecule is CC(C)C(C(=O)O)S(=O)c1cccc(Cl)c1. The average molecular weight is 261 g/mol. The second-order valence-electron chi connectivity index (χ2n) is 3.76. The molecule has 0 saturated carbocycles. The molecule has 1 N–H and O–H groups in total. The van der Waals surface area contributed by atoms with Gasteiger partial charge >= 0.3 is 5.97 Å². The van der Waals surface area contributed by atoms with Crippen molar-refractivity contribution in [3.05, 3.63) is 29.3 Å². The van der Waals surface area contributed by atoms with Gasteiger partial charge in [0.05, 0.1) is 10.8 Å². The van der Waals surface area contributed by atoms with Gasteiger partial charge < -0.3 is 5.11 Å². The lowest BCUT2D eigenvalue weighted by Crippen LogP contribution is -2.31. The van der Waals surface area contributed by atoms with Gasteiger partial charge in [-0.05, 0) is 24.1 Å². The summed E-state index contributed by atoms with van der Waals surface area (Å²) in [6.45, 7) is 3.47. The van der Waals surface area contributed by atoms with Crippen LogP contribution in [0.2, 0.25) is 5.02 Å². The molecule has 1 aromatic carbocycles. The van der Waals surface area contributed by atoms with Crippen molar-refractivity contribution < 1.29 is 14.1 Å². The van der Waals surface area contributed by atoms with E-state index in [9.17, 15) is 9.00 Å². The van der Waals surface area contributed by atoms with Gasteiger partial charge in [0.15, 0.2) is 0 Å². The molecular formula is C11H13ClO3S. The smallest absolute Gasteiger partial charge is 0.319 e. The van der Waals surface area contributed by atoms with Crippen LogP contribution < -0.4 is 0 Å². The Balaban J connectivity index is 3.04. The molecule has 88 valence electrons. The van der Waals surface area contributed by atoms with Crippen LogP contribution in [-0.2, 0) is 15.6 Å². The van der Waals surface area contributed by atoms with Crippen LogP contribution in [0.25, 0.3) is 0 Å². The van der Waals surface area contributed by atoms with Gasteiger partial charge in [-0.1, -0.05) is 31.5 Å². The number of hydrogen-bond acceptors (Lipinski definition) is 2. The van der Waals surface area contributed by atoms with E-state index in [1.807, 2.05) is 0 Å². The molecule has 5 heteroatoms. The Morgan fingerprint density at radius 2 is 2.06 bits per heavy atom. The standard InChI is InChI=1S/C11H13ClO3S/c1-7(2)10(11(13)14)16(15)9-5-3-4-8(12)6-9/h3-7,10H,1-2H3,(H,13,14). The lowest BCUT2D eigenvalue weighted by Gasteiger charge is -2.15. The van der Waals surface area contributed by atoms with Crippen LogP contribution in [0.4, 0.5) is 0 Å². The molecule has 0 aliphatic heterocycles. The number of rotatable bonds is 4. The minimum Gasteiger partial charge on any atom is -0.480 e. The highest BCUT2D eigenvalue weighted by Crippen LogP contribution is 2.20. The monoisotopic (exact) mass is 260 g/mol. The third-order valence-corrected chi connectivity index (χ3v) is 4.27. The Kier molecular flexibility index (Phi) is 4.50. The van der Waals surface area contributed by atoms with Crippen molar-refractivity contribution in [1.29, 1.82) is 0 Å². The second kappa shape index (κ2) is 5.46. The summed E-state index contributed by atoms with van der Waals surface area (Å²) in [6, 6.07) is 6.48. The lowest BCUT2D eigenvalue weighted by molar-refractivity contribution is -0.137. The molecule has 2 unspecified atom stereocenters. The minimum atomic E-state index is -1.58. The van der Waals surface area contributed by atoms with E-state index in [1.54, 1.807) is 32.0 Å². The van der Waals surface area contributed by atoms with Crippen molar-refractivity contribution in [2.45, 2.75) is 24.0 Å². The highest BCUT2D eigenvalue weighted by molar-refractivity contribution is 7.86. The summed E-state index contributed by atoms with van der Waals surface area (Å²) < 4.78 is 12.1. The molecule has 0 aromatic heterocycles. The molecule has 0 radical (unpaired) electrons. The van der Waals surface area contributed by atoms with Crippen molar-refractivity contribution in [2.24, 2.45) is 5.92 Å². The van der Waals surface area contributed by atoms with E-state index in [-0.39, 0.29) is 5.92 Å². The molecule has 0 bridgehead atoms. The van der Waals surface area contributed by atoms with Crippen LogP contribution in [0.1, 0.15) is 13.8 Å². The predicted molar refractivity (Wildman–Crippen MR) is 64.1 cm³/mol. The third kappa shape index (κ3) is 3.06. The number of halogens is 1. The molecule has 0 saturated heterocycles. The Hall–Kier alpha value is -0.870. The predicted octanol–water partition coefficient (Wildman–Crippen LogP) is 2.56. The number of carboxylic acid groups (broad SMARTS) is 1. The van der Waals surface area contributed by atoms with Gasteiger partial charge in [-0.15, -0.1) is 0 Å². The summed E-state index contributed by atoms with van der Waals surface area (Å²) in [7, 11) is -1.58. The molecule has 0 aliphatic carbocycles. The zero-order valence-corrected chi connectivity index (χ0v) is 10.6. The Bertz CT molecular complexity index is 417. The molecule has 2 atom stereocenters. The van der Waals surface area contributed by atoms with Gasteiger partial charge in [0, 0.05) is 9.92 Å². The molecular weight excluding hydrogens is 248 g/mol. The summed E-state index contributed by atoms with van der Waals surface area (Å²) in [5, 5.41) is 8.57. The van der Waals surface area contributed by atoms with E-state index in [0.29, 0.717) is 9.92 Å². The molecule has 0 aliphatic rings. The zero-order valence-electron chi connectivity index (χ0n) is 9.01. The van der Waals surface area contributed by atoms with E-state index < -0.39 is 22.0 Å². The van der Waals surface area contributed by atoms with Gasteiger partial charge in [-0.2, -0.15) is 0 Å². The quantitative estimate of drug-likeness (QED) is 0.905. The van der Waals surface area contributed by atoms with Crippen molar-refractivity contribution in [2.75, 3.05) is 0 Å². The van der Waals surface area contributed by atoms with Gasteiger partial charge in [0.2, 0.25) is 0 Å². The first-order valence-corrected chi connectivity index (χ1v) is 6.41. The topological polar surface area (TPSA) is 54.4 Å². The fourth-order valence-corrected chi connectivity index (χ4v) is 3.04. The molecule has 1 rings (SSSR count). The van der Waals surface area contributed by atoms with E-state index >= 15 is 0 Å². The number of carbonyl (C=O) groups is 1. The highest BCUT2D eigenvalue weighted by atomic mass is 35.5. The average Bonchev–Trinajstić information content (AvgIpc) is 2.16. The maximum Gasteiger partial charge on any atom is 0.319 e. The summed E-state index contributed by atoms with van der Waals surface area (Å²) in [4.78, 5) is 11.5. The largest absolute Gasteiger partial charge is 0.480 e. The van der Waals surface area contributed by atoms with E-state index in [1.165, 1.54) is 6.07 Å². The Morgan fingerprint density at radius 1 is 1.44 bits per heavy atom. The van der Waals surface area contributed by atoms with E-state index in [4.69, 9.17) is 16.7 Å². The van der Waals surface area contributed by atoms with Crippen LogP contribution in [0, 0.1) is 5.92 Å². The fourth-order valence-electron chi connectivity index (χ4n) is 1.36. The summed E-state index contributed by atoms with van der Waals surface area (Å²) in [5.41, 5.74) is 0. The number of carboxylic acids is 1. The molecule has 3 nitrogen and oxygen atoms in total. The number of hydrogen-bond donors (Lipinski definition) is 1. The van der Waals surface area contributed by atoms with Gasteiger partial charge in [-0.25, -0.2) is 0 Å². The van der Waals surface area contributed by atoms with Crippen LogP contribution >= 0.6 is 11.6 Å². The van der Waals surface area contributed by atoms with Crippen LogP contribution in [0.15, 0.2) is 29.2 Å². The van der Waals surface area contributed by atoms with E-state index in [2.05, 4.69) is 0 Å². The van der Waals surface area contributed by atoms with Gasteiger partial charge in [0.25, 0.3) is 0 Å². The second-order valence-corrected chi connectivity index (χ2v) is 5.77. The highest BCUT2D eigenvalue weighted by Gasteiger charge is 2.29. The maximum absolute atomic E-state index is 12.1. The molecule has 0 amide bonds. The summed E-state index contributed by atoms with van der Waals surface area (Å²) in [5.74, 6) is -1.24. The third-order valence-electron chi connectivity index (χ3n) is 2.11. The van der Waals surface area contributed by atoms with Crippen molar-refractivity contribution >= 4 is 28.4 Å². The fraction of sp³-hybridized carbons (Fsp3) is 0.364. The van der Waals surface area contributed by atoms with Gasteiger partial charge in [0.1, 0.15) is 5.25 Å². The minimum absolute atomic E-state index is 0.197. The van der Waals surface area contributed by atoms with E-state index in [0.717, 1.165) is 0 Å². The number of aliphatic carboxylic acids is 1. The van der Waals surface area contributed by atoms with Crippen molar-refractivity contribution in [3.63, 3.8) is 0 Å². The number of benzene rings is 1. The first-order valence-electron chi connectivity index (χ1n) is 4.82.